The Kier molecular flexibility index (Phi) is 5.56. The number of benzene rings is 1. The number of rotatable bonds is 5. The van der Waals surface area contributed by atoms with Crippen molar-refractivity contribution >= 4 is 15.9 Å². The predicted octanol–water partition coefficient (Wildman–Crippen LogP) is 3.39. The molecule has 17 heavy (non-hydrogen) atoms. The zero-order chi connectivity index (χ0) is 13.0. The average molecular weight is 304 g/mol. The van der Waals surface area contributed by atoms with Crippen molar-refractivity contribution in [2.45, 2.75) is 38.8 Å². The molecule has 3 N–H and O–H groups in total. The Hall–Kier alpha value is -0.450. The van der Waals surface area contributed by atoms with Gasteiger partial charge in [0.25, 0.3) is 0 Å². The van der Waals surface area contributed by atoms with E-state index in [1.54, 1.807) is 18.2 Å². The lowest BCUT2D eigenvalue weighted by Gasteiger charge is -2.20. The highest BCUT2D eigenvalue weighted by Crippen LogP contribution is 2.26. The van der Waals surface area contributed by atoms with E-state index in [4.69, 9.17) is 5.73 Å². The first-order valence-electron chi connectivity index (χ1n) is 5.81. The molecule has 0 aliphatic carbocycles. The number of nitrogens with two attached hydrogens (primary N) is 1. The monoisotopic (exact) mass is 303 g/mol. The first-order chi connectivity index (χ1) is 7.93. The first kappa shape index (κ1) is 14.6. The van der Waals surface area contributed by atoms with Gasteiger partial charge in [-0.15, -0.1) is 0 Å². The summed E-state index contributed by atoms with van der Waals surface area (Å²) in [5.74, 6) is 0.118. The molecule has 0 aliphatic rings. The Morgan fingerprint density at radius 1 is 1.35 bits per heavy atom. The summed E-state index contributed by atoms with van der Waals surface area (Å²) < 4.78 is 14.1. The van der Waals surface area contributed by atoms with Gasteiger partial charge in [-0.1, -0.05) is 26.0 Å². The molecule has 0 saturated heterocycles. The van der Waals surface area contributed by atoms with Gasteiger partial charge in [-0.2, -0.15) is 0 Å². The summed E-state index contributed by atoms with van der Waals surface area (Å²) in [6, 6.07) is 4.28. The van der Waals surface area contributed by atoms with Crippen molar-refractivity contribution in [2.24, 2.45) is 11.7 Å². The Bertz CT molecular complexity index is 370. The molecule has 2 nitrogen and oxygen atoms in total. The minimum absolute atomic E-state index is 0.357. The van der Waals surface area contributed by atoms with Crippen molar-refractivity contribution in [3.63, 3.8) is 0 Å². The molecular weight excluding hydrogens is 285 g/mol. The van der Waals surface area contributed by atoms with E-state index in [-0.39, 0.29) is 5.82 Å². The van der Waals surface area contributed by atoms with Gasteiger partial charge in [-0.05, 0) is 40.8 Å². The fourth-order valence-electron chi connectivity index (χ4n) is 1.67. The van der Waals surface area contributed by atoms with E-state index < -0.39 is 12.1 Å². The summed E-state index contributed by atoms with van der Waals surface area (Å²) in [5, 5.41) is 9.93. The van der Waals surface area contributed by atoms with Crippen LogP contribution in [0.4, 0.5) is 4.39 Å². The van der Waals surface area contributed by atoms with E-state index >= 15 is 0 Å². The highest BCUT2D eigenvalue weighted by molar-refractivity contribution is 9.10. The third-order valence-corrected chi connectivity index (χ3v) is 3.41. The molecule has 4 heteroatoms. The summed E-state index contributed by atoms with van der Waals surface area (Å²) >= 11 is 3.11. The Balaban J connectivity index is 2.74. The van der Waals surface area contributed by atoms with Gasteiger partial charge in [0, 0.05) is 5.56 Å². The SMILES string of the molecule is CC(C)CC[C@@H](O)[C@@H](N)c1cccc(Br)c1F. The fraction of sp³-hybridized carbons (Fsp3) is 0.538. The van der Waals surface area contributed by atoms with Crippen LogP contribution in [0.5, 0.6) is 0 Å². The van der Waals surface area contributed by atoms with Crippen molar-refractivity contribution in [1.29, 1.82) is 0 Å². The average Bonchev–Trinajstić information content (AvgIpc) is 2.28. The molecule has 1 aromatic rings. The Morgan fingerprint density at radius 3 is 2.59 bits per heavy atom. The summed E-state index contributed by atoms with van der Waals surface area (Å²) in [4.78, 5) is 0. The van der Waals surface area contributed by atoms with Crippen LogP contribution in [-0.2, 0) is 0 Å². The normalized spacial score (nSPS) is 15.0. The smallest absolute Gasteiger partial charge is 0.142 e. The molecule has 0 radical (unpaired) electrons. The molecule has 0 spiro atoms. The van der Waals surface area contributed by atoms with Crippen molar-refractivity contribution < 1.29 is 9.50 Å². The molecule has 0 fully saturated rings. The molecule has 0 unspecified atom stereocenters. The second-order valence-corrected chi connectivity index (χ2v) is 5.56. The van der Waals surface area contributed by atoms with Crippen LogP contribution < -0.4 is 5.73 Å². The standard InChI is InChI=1S/C13H19BrFNO/c1-8(2)6-7-11(17)13(16)9-4-3-5-10(14)12(9)15/h3-5,8,11,13,17H,6-7,16H2,1-2H3/t11-,13+/m1/s1. The molecule has 0 aliphatic heterocycles. The maximum absolute atomic E-state index is 13.8. The Labute approximate surface area is 110 Å². The molecule has 96 valence electrons. The molecule has 0 heterocycles. The predicted molar refractivity (Wildman–Crippen MR) is 71.1 cm³/mol. The van der Waals surface area contributed by atoms with Crippen LogP contribution in [0.15, 0.2) is 22.7 Å². The second-order valence-electron chi connectivity index (χ2n) is 4.71. The maximum atomic E-state index is 13.8. The topological polar surface area (TPSA) is 46.2 Å². The van der Waals surface area contributed by atoms with E-state index in [0.717, 1.165) is 6.42 Å². The highest BCUT2D eigenvalue weighted by Gasteiger charge is 2.21. The van der Waals surface area contributed by atoms with E-state index in [2.05, 4.69) is 29.8 Å². The van der Waals surface area contributed by atoms with Gasteiger partial charge in [-0.3, -0.25) is 0 Å². The molecule has 2 atom stereocenters. The van der Waals surface area contributed by atoms with Crippen molar-refractivity contribution in [1.82, 2.24) is 0 Å². The zero-order valence-corrected chi connectivity index (χ0v) is 11.7. The summed E-state index contributed by atoms with van der Waals surface area (Å²) in [6.45, 7) is 4.16. The zero-order valence-electron chi connectivity index (χ0n) is 10.2. The van der Waals surface area contributed by atoms with E-state index in [0.29, 0.717) is 22.4 Å². The van der Waals surface area contributed by atoms with Gasteiger partial charge < -0.3 is 10.8 Å². The first-order valence-corrected chi connectivity index (χ1v) is 6.60. The number of hydrogen-bond acceptors (Lipinski definition) is 2. The lowest BCUT2D eigenvalue weighted by atomic mass is 9.96. The van der Waals surface area contributed by atoms with E-state index in [1.807, 2.05) is 0 Å². The fourth-order valence-corrected chi connectivity index (χ4v) is 2.05. The van der Waals surface area contributed by atoms with Gasteiger partial charge in [0.2, 0.25) is 0 Å². The third-order valence-electron chi connectivity index (χ3n) is 2.79. The molecule has 0 aromatic heterocycles. The molecule has 1 rings (SSSR count). The minimum atomic E-state index is -0.707. The largest absolute Gasteiger partial charge is 0.391 e. The van der Waals surface area contributed by atoms with Crippen molar-refractivity contribution in [3.8, 4) is 0 Å². The minimum Gasteiger partial charge on any atom is -0.391 e. The number of aliphatic hydroxyl groups is 1. The number of aliphatic hydroxyl groups excluding tert-OH is 1. The van der Waals surface area contributed by atoms with Crippen LogP contribution in [0.2, 0.25) is 0 Å². The number of hydrogen-bond donors (Lipinski definition) is 2. The summed E-state index contributed by atoms with van der Waals surface area (Å²) in [6.07, 6.45) is 0.760. The van der Waals surface area contributed by atoms with Gasteiger partial charge in [-0.25, -0.2) is 4.39 Å². The van der Waals surface area contributed by atoms with Crippen LogP contribution in [0, 0.1) is 11.7 Å². The maximum Gasteiger partial charge on any atom is 0.142 e. The molecule has 1 aromatic carbocycles. The van der Waals surface area contributed by atoms with Crippen LogP contribution in [0.3, 0.4) is 0 Å². The second kappa shape index (κ2) is 6.47. The summed E-state index contributed by atoms with van der Waals surface area (Å²) in [7, 11) is 0. The molecular formula is C13H19BrFNO. The van der Waals surface area contributed by atoms with Gasteiger partial charge in [0.15, 0.2) is 0 Å². The van der Waals surface area contributed by atoms with Crippen molar-refractivity contribution in [3.05, 3.63) is 34.1 Å². The van der Waals surface area contributed by atoms with E-state index in [1.165, 1.54) is 0 Å². The van der Waals surface area contributed by atoms with Crippen LogP contribution in [-0.4, -0.2) is 11.2 Å². The molecule has 0 amide bonds. The lowest BCUT2D eigenvalue weighted by Crippen LogP contribution is -2.27. The number of halogens is 2. The van der Waals surface area contributed by atoms with Gasteiger partial charge in [0.1, 0.15) is 5.82 Å². The molecule has 0 bridgehead atoms. The van der Waals surface area contributed by atoms with Gasteiger partial charge in [0.05, 0.1) is 16.6 Å². The van der Waals surface area contributed by atoms with Crippen LogP contribution in [0.1, 0.15) is 38.3 Å². The van der Waals surface area contributed by atoms with Crippen LogP contribution in [0.25, 0.3) is 0 Å². The molecule has 0 saturated carbocycles. The van der Waals surface area contributed by atoms with Gasteiger partial charge >= 0.3 is 0 Å². The summed E-state index contributed by atoms with van der Waals surface area (Å²) in [5.41, 5.74) is 6.24. The quantitative estimate of drug-likeness (QED) is 0.876. The van der Waals surface area contributed by atoms with E-state index in [9.17, 15) is 9.50 Å². The van der Waals surface area contributed by atoms with Crippen molar-refractivity contribution in [2.75, 3.05) is 0 Å². The Morgan fingerprint density at radius 2 is 2.00 bits per heavy atom. The third kappa shape index (κ3) is 4.05. The lowest BCUT2D eigenvalue weighted by molar-refractivity contribution is 0.127. The van der Waals surface area contributed by atoms with Crippen LogP contribution >= 0.6 is 15.9 Å². The highest BCUT2D eigenvalue weighted by atomic mass is 79.9.